The van der Waals surface area contributed by atoms with Crippen molar-refractivity contribution in [1.29, 1.82) is 0 Å². The summed E-state index contributed by atoms with van der Waals surface area (Å²) in [6.07, 6.45) is 0.500. The van der Waals surface area contributed by atoms with Crippen LogP contribution in [0.2, 0.25) is 0 Å². The second-order valence-electron chi connectivity index (χ2n) is 6.06. The summed E-state index contributed by atoms with van der Waals surface area (Å²) in [5.41, 5.74) is 1.28. The lowest BCUT2D eigenvalue weighted by Crippen LogP contribution is -2.49. The second kappa shape index (κ2) is 6.92. The Bertz CT molecular complexity index is 367. The number of benzene rings is 1. The Balaban J connectivity index is 2.42. The van der Waals surface area contributed by atoms with Crippen molar-refractivity contribution < 1.29 is 9.84 Å². The molecule has 3 heteroatoms. The van der Waals surface area contributed by atoms with Crippen LogP contribution in [0.5, 0.6) is 5.75 Å². The highest BCUT2D eigenvalue weighted by Crippen LogP contribution is 2.13. The molecule has 0 saturated carbocycles. The normalized spacial score (nSPS) is 15.1. The van der Waals surface area contributed by atoms with Crippen LogP contribution in [0, 0.1) is 0 Å². The van der Waals surface area contributed by atoms with E-state index in [1.54, 1.807) is 0 Å². The lowest BCUT2D eigenvalue weighted by Gasteiger charge is -2.29. The van der Waals surface area contributed by atoms with E-state index in [9.17, 15) is 5.11 Å². The van der Waals surface area contributed by atoms with Gasteiger partial charge in [0.2, 0.25) is 0 Å². The fourth-order valence-electron chi connectivity index (χ4n) is 1.93. The zero-order chi connectivity index (χ0) is 14.5. The van der Waals surface area contributed by atoms with Gasteiger partial charge in [-0.25, -0.2) is 0 Å². The Hall–Kier alpha value is -1.06. The summed E-state index contributed by atoms with van der Waals surface area (Å²) in [6, 6.07) is 8.01. The van der Waals surface area contributed by atoms with E-state index in [4.69, 9.17) is 4.74 Å². The molecular weight excluding hydrogens is 238 g/mol. The first-order valence-corrected chi connectivity index (χ1v) is 6.99. The number of hydrogen-bond acceptors (Lipinski definition) is 3. The Morgan fingerprint density at radius 2 is 1.79 bits per heavy atom. The molecule has 1 aromatic carbocycles. The molecule has 108 valence electrons. The monoisotopic (exact) mass is 265 g/mol. The Morgan fingerprint density at radius 1 is 1.21 bits per heavy atom. The number of hydrogen-bond donors (Lipinski definition) is 2. The molecular formula is C16H27NO2. The van der Waals surface area contributed by atoms with Crippen molar-refractivity contribution in [2.75, 3.05) is 6.61 Å². The van der Waals surface area contributed by atoms with Crippen LogP contribution >= 0.6 is 0 Å². The molecule has 2 unspecified atom stereocenters. The van der Waals surface area contributed by atoms with Crippen LogP contribution in [0.25, 0.3) is 0 Å². The molecule has 0 aliphatic rings. The summed E-state index contributed by atoms with van der Waals surface area (Å²) in [4.78, 5) is 0. The van der Waals surface area contributed by atoms with E-state index in [2.05, 4.69) is 45.1 Å². The van der Waals surface area contributed by atoms with Gasteiger partial charge in [-0.15, -0.1) is 0 Å². The van der Waals surface area contributed by atoms with Gasteiger partial charge in [0.05, 0.1) is 0 Å². The Kier molecular flexibility index (Phi) is 5.83. The summed E-state index contributed by atoms with van der Waals surface area (Å²) in [7, 11) is 0. The van der Waals surface area contributed by atoms with Crippen molar-refractivity contribution in [1.82, 2.24) is 5.32 Å². The summed E-state index contributed by atoms with van der Waals surface area (Å²) in [5.74, 6) is 0.805. The fraction of sp³-hybridized carbons (Fsp3) is 0.625. The molecule has 3 nitrogen and oxygen atoms in total. The molecule has 0 aliphatic carbocycles. The van der Waals surface area contributed by atoms with Crippen molar-refractivity contribution in [3.63, 3.8) is 0 Å². The first kappa shape index (κ1) is 16.0. The van der Waals surface area contributed by atoms with E-state index >= 15 is 0 Å². The van der Waals surface area contributed by atoms with Crippen LogP contribution in [-0.2, 0) is 6.42 Å². The molecule has 0 fully saturated rings. The molecule has 0 spiro atoms. The smallest absolute Gasteiger partial charge is 0.119 e. The highest BCUT2D eigenvalue weighted by atomic mass is 16.5. The van der Waals surface area contributed by atoms with Gasteiger partial charge in [-0.1, -0.05) is 19.1 Å². The highest BCUT2D eigenvalue weighted by molar-refractivity contribution is 5.27. The van der Waals surface area contributed by atoms with Crippen molar-refractivity contribution in [2.24, 2.45) is 0 Å². The SMILES string of the molecule is CCc1ccc(OCC(O)C(C)NC(C)(C)C)cc1. The molecule has 0 radical (unpaired) electrons. The van der Waals surface area contributed by atoms with E-state index in [0.717, 1.165) is 12.2 Å². The molecule has 0 bridgehead atoms. The summed E-state index contributed by atoms with van der Waals surface area (Å²) < 4.78 is 5.61. The molecule has 2 N–H and O–H groups in total. The fourth-order valence-corrected chi connectivity index (χ4v) is 1.93. The van der Waals surface area contributed by atoms with Crippen molar-refractivity contribution >= 4 is 0 Å². The number of rotatable bonds is 6. The molecule has 0 saturated heterocycles. The lowest BCUT2D eigenvalue weighted by molar-refractivity contribution is 0.0698. The predicted molar refractivity (Wildman–Crippen MR) is 79.7 cm³/mol. The highest BCUT2D eigenvalue weighted by Gasteiger charge is 2.20. The maximum Gasteiger partial charge on any atom is 0.119 e. The topological polar surface area (TPSA) is 41.5 Å². The first-order valence-electron chi connectivity index (χ1n) is 6.99. The van der Waals surface area contributed by atoms with Crippen molar-refractivity contribution in [3.8, 4) is 5.75 Å². The van der Waals surface area contributed by atoms with E-state index in [1.165, 1.54) is 5.56 Å². The van der Waals surface area contributed by atoms with Crippen LogP contribution in [0.3, 0.4) is 0 Å². The van der Waals surface area contributed by atoms with Crippen LogP contribution in [0.1, 0.15) is 40.2 Å². The Labute approximate surface area is 117 Å². The van der Waals surface area contributed by atoms with Gasteiger partial charge >= 0.3 is 0 Å². The van der Waals surface area contributed by atoms with Crippen LogP contribution < -0.4 is 10.1 Å². The standard InChI is InChI=1S/C16H27NO2/c1-6-13-7-9-14(10-8-13)19-11-15(18)12(2)17-16(3,4)5/h7-10,12,15,17-18H,6,11H2,1-5H3. The number of aliphatic hydroxyl groups excluding tert-OH is 1. The van der Waals surface area contributed by atoms with Crippen molar-refractivity contribution in [2.45, 2.75) is 58.7 Å². The zero-order valence-electron chi connectivity index (χ0n) is 12.7. The van der Waals surface area contributed by atoms with Gasteiger partial charge in [-0.2, -0.15) is 0 Å². The third kappa shape index (κ3) is 6.08. The quantitative estimate of drug-likeness (QED) is 0.831. The second-order valence-corrected chi connectivity index (χ2v) is 6.06. The van der Waals surface area contributed by atoms with Crippen LogP contribution in [0.15, 0.2) is 24.3 Å². The molecule has 0 heterocycles. The Morgan fingerprint density at radius 3 is 2.26 bits per heavy atom. The third-order valence-electron chi connectivity index (χ3n) is 2.99. The number of aryl methyl sites for hydroxylation is 1. The van der Waals surface area contributed by atoms with E-state index < -0.39 is 6.10 Å². The van der Waals surface area contributed by atoms with Crippen molar-refractivity contribution in [3.05, 3.63) is 29.8 Å². The van der Waals surface area contributed by atoms with Gasteiger partial charge in [-0.05, 0) is 51.8 Å². The van der Waals surface area contributed by atoms with Gasteiger partial charge in [0.25, 0.3) is 0 Å². The van der Waals surface area contributed by atoms with Crippen LogP contribution in [-0.4, -0.2) is 29.4 Å². The lowest BCUT2D eigenvalue weighted by atomic mass is 10.1. The predicted octanol–water partition coefficient (Wildman–Crippen LogP) is 2.77. The van der Waals surface area contributed by atoms with Gasteiger partial charge in [0.1, 0.15) is 18.5 Å². The maximum absolute atomic E-state index is 10.1. The summed E-state index contributed by atoms with van der Waals surface area (Å²) in [6.45, 7) is 10.6. The molecule has 0 aromatic heterocycles. The van der Waals surface area contributed by atoms with Gasteiger partial charge in [0.15, 0.2) is 0 Å². The minimum absolute atomic E-state index is 0.00471. The van der Waals surface area contributed by atoms with E-state index in [0.29, 0.717) is 6.61 Å². The van der Waals surface area contributed by atoms with Crippen LogP contribution in [0.4, 0.5) is 0 Å². The molecule has 19 heavy (non-hydrogen) atoms. The minimum atomic E-state index is -0.523. The third-order valence-corrected chi connectivity index (χ3v) is 2.99. The molecule has 1 aromatic rings. The molecule has 2 atom stereocenters. The molecule has 1 rings (SSSR count). The average Bonchev–Trinajstić information content (AvgIpc) is 2.34. The largest absolute Gasteiger partial charge is 0.491 e. The summed E-state index contributed by atoms with van der Waals surface area (Å²) in [5, 5.41) is 13.4. The number of nitrogens with one attached hydrogen (secondary N) is 1. The van der Waals surface area contributed by atoms with Gasteiger partial charge in [0, 0.05) is 11.6 Å². The number of aliphatic hydroxyl groups is 1. The van der Waals surface area contributed by atoms with E-state index in [-0.39, 0.29) is 11.6 Å². The average molecular weight is 265 g/mol. The zero-order valence-corrected chi connectivity index (χ0v) is 12.7. The minimum Gasteiger partial charge on any atom is -0.491 e. The first-order chi connectivity index (χ1) is 8.81. The van der Waals surface area contributed by atoms with Gasteiger partial charge in [-0.3, -0.25) is 0 Å². The maximum atomic E-state index is 10.1. The molecule has 0 amide bonds. The van der Waals surface area contributed by atoms with E-state index in [1.807, 2.05) is 19.1 Å². The van der Waals surface area contributed by atoms with Gasteiger partial charge < -0.3 is 15.2 Å². The number of ether oxygens (including phenoxy) is 1. The molecule has 0 aliphatic heterocycles. The summed E-state index contributed by atoms with van der Waals surface area (Å²) >= 11 is 0.